The quantitative estimate of drug-likeness (QED) is 0.706. The average Bonchev–Trinajstić information content (AvgIpc) is 2.73. The van der Waals surface area contributed by atoms with Gasteiger partial charge in [0, 0.05) is 31.4 Å². The van der Waals surface area contributed by atoms with Gasteiger partial charge in [-0.1, -0.05) is 19.4 Å². The zero-order valence-corrected chi connectivity index (χ0v) is 18.4. The Morgan fingerprint density at radius 3 is 2.57 bits per heavy atom. The number of rotatable bonds is 5. The minimum atomic E-state index is -0.895. The highest BCUT2D eigenvalue weighted by molar-refractivity contribution is 5.89. The van der Waals surface area contributed by atoms with E-state index < -0.39 is 5.97 Å². The van der Waals surface area contributed by atoms with Crippen LogP contribution in [-0.2, 0) is 4.79 Å². The normalized spacial score (nSPS) is 27.2. The van der Waals surface area contributed by atoms with Crippen molar-refractivity contribution in [2.45, 2.75) is 52.9 Å². The highest BCUT2D eigenvalue weighted by Crippen LogP contribution is 2.61. The monoisotopic (exact) mass is 410 g/mol. The van der Waals surface area contributed by atoms with Crippen LogP contribution in [0.4, 0.5) is 5.69 Å². The number of fused-ring (bicyclic) bond motifs is 2. The van der Waals surface area contributed by atoms with E-state index in [-0.39, 0.29) is 5.91 Å². The summed E-state index contributed by atoms with van der Waals surface area (Å²) in [6.07, 6.45) is 7.47. The van der Waals surface area contributed by atoms with Gasteiger partial charge in [0.05, 0.1) is 5.56 Å². The number of carbonyl (C=O) groups excluding carboxylic acids is 1. The zero-order valence-electron chi connectivity index (χ0n) is 18.4. The number of nitrogens with zero attached hydrogens (tertiary/aromatic N) is 1. The molecule has 4 fully saturated rings. The number of carbonyl (C=O) groups is 2. The van der Waals surface area contributed by atoms with Crippen LogP contribution in [0.5, 0.6) is 0 Å². The van der Waals surface area contributed by atoms with Crippen molar-refractivity contribution in [3.8, 4) is 0 Å². The van der Waals surface area contributed by atoms with Crippen LogP contribution in [0.1, 0.15) is 61.9 Å². The molecule has 1 aromatic rings. The third-order valence-electron chi connectivity index (χ3n) is 8.07. The second-order valence-corrected chi connectivity index (χ2v) is 10.0. The van der Waals surface area contributed by atoms with E-state index in [0.717, 1.165) is 55.6 Å². The predicted octanol–water partition coefficient (Wildman–Crippen LogP) is 4.41. The van der Waals surface area contributed by atoms with Gasteiger partial charge in [-0.3, -0.25) is 4.79 Å². The lowest BCUT2D eigenvalue weighted by molar-refractivity contribution is -0.120. The molecule has 1 aromatic carbocycles. The number of aromatic carboxylic acids is 1. The molecule has 5 heteroatoms. The van der Waals surface area contributed by atoms with Gasteiger partial charge in [0.15, 0.2) is 0 Å². The maximum atomic E-state index is 12.5. The lowest BCUT2D eigenvalue weighted by Gasteiger charge is -2.60. The van der Waals surface area contributed by atoms with Crippen LogP contribution in [-0.4, -0.2) is 36.6 Å². The number of anilines is 1. The SMILES string of the molecule is Cc1cc(C(=O)O)ccc1N1CCC(=CC(=O)NC[C@@H]2CC[C@H]3C[C@@H]2C3(C)C)CC1. The second kappa shape index (κ2) is 8.09. The Kier molecular flexibility index (Phi) is 5.65. The Balaban J connectivity index is 1.27. The number of amides is 1. The van der Waals surface area contributed by atoms with Crippen molar-refractivity contribution in [3.05, 3.63) is 41.0 Å². The van der Waals surface area contributed by atoms with Crippen LogP contribution < -0.4 is 10.2 Å². The topological polar surface area (TPSA) is 69.6 Å². The van der Waals surface area contributed by atoms with Crippen LogP contribution in [0.2, 0.25) is 0 Å². The molecule has 30 heavy (non-hydrogen) atoms. The summed E-state index contributed by atoms with van der Waals surface area (Å²) in [5, 5.41) is 12.3. The van der Waals surface area contributed by atoms with Crippen molar-refractivity contribution in [2.75, 3.05) is 24.5 Å². The summed E-state index contributed by atoms with van der Waals surface area (Å²) in [5.41, 5.74) is 4.05. The maximum Gasteiger partial charge on any atom is 0.335 e. The fraction of sp³-hybridized carbons (Fsp3) is 0.600. The first-order valence-corrected chi connectivity index (χ1v) is 11.3. The molecule has 1 aliphatic heterocycles. The Bertz CT molecular complexity index is 861. The summed E-state index contributed by atoms with van der Waals surface area (Å²) >= 11 is 0. The fourth-order valence-corrected chi connectivity index (χ4v) is 6.00. The zero-order chi connectivity index (χ0) is 21.5. The molecule has 1 amide bonds. The average molecular weight is 411 g/mol. The van der Waals surface area contributed by atoms with Crippen molar-refractivity contribution in [1.29, 1.82) is 0 Å². The molecule has 5 nitrogen and oxygen atoms in total. The Morgan fingerprint density at radius 2 is 1.97 bits per heavy atom. The first kappa shape index (κ1) is 21.0. The molecule has 4 aliphatic rings. The van der Waals surface area contributed by atoms with Gasteiger partial charge in [-0.15, -0.1) is 0 Å². The first-order valence-electron chi connectivity index (χ1n) is 11.3. The first-order chi connectivity index (χ1) is 14.3. The minimum Gasteiger partial charge on any atom is -0.478 e. The number of hydrogen-bond acceptors (Lipinski definition) is 3. The molecule has 162 valence electrons. The van der Waals surface area contributed by atoms with Gasteiger partial charge in [-0.25, -0.2) is 4.79 Å². The molecule has 3 saturated carbocycles. The van der Waals surface area contributed by atoms with E-state index >= 15 is 0 Å². The molecule has 3 atom stereocenters. The lowest BCUT2D eigenvalue weighted by Crippen LogP contribution is -2.54. The van der Waals surface area contributed by atoms with E-state index in [0.29, 0.717) is 16.9 Å². The molecule has 5 rings (SSSR count). The standard InChI is InChI=1S/C25H34N2O3/c1-16-12-18(24(29)30)5-7-22(16)27-10-8-17(9-11-27)13-23(28)26-15-19-4-6-20-14-21(19)25(20,2)3/h5,7,12-13,19-21H,4,6,8-11,14-15H2,1-3H3,(H,26,28)(H,29,30)/t19-,20-,21-/m0/s1. The van der Waals surface area contributed by atoms with Crippen molar-refractivity contribution in [2.24, 2.45) is 23.2 Å². The van der Waals surface area contributed by atoms with Crippen molar-refractivity contribution in [3.63, 3.8) is 0 Å². The van der Waals surface area contributed by atoms with E-state index in [2.05, 4.69) is 24.1 Å². The van der Waals surface area contributed by atoms with E-state index in [1.165, 1.54) is 24.8 Å². The molecule has 3 aliphatic carbocycles. The molecular weight excluding hydrogens is 376 g/mol. The highest BCUT2D eigenvalue weighted by Gasteiger charge is 2.53. The largest absolute Gasteiger partial charge is 0.478 e. The van der Waals surface area contributed by atoms with E-state index in [9.17, 15) is 9.59 Å². The van der Waals surface area contributed by atoms with Crippen LogP contribution >= 0.6 is 0 Å². The van der Waals surface area contributed by atoms with E-state index in [4.69, 9.17) is 5.11 Å². The molecule has 0 radical (unpaired) electrons. The molecule has 1 saturated heterocycles. The van der Waals surface area contributed by atoms with Gasteiger partial charge < -0.3 is 15.3 Å². The third-order valence-corrected chi connectivity index (χ3v) is 8.07. The Labute approximate surface area is 179 Å². The number of hydrogen-bond donors (Lipinski definition) is 2. The molecular formula is C25H34N2O3. The molecule has 0 spiro atoms. The molecule has 2 N–H and O–H groups in total. The van der Waals surface area contributed by atoms with Crippen LogP contribution in [0.3, 0.4) is 0 Å². The van der Waals surface area contributed by atoms with Gasteiger partial charge in [0.25, 0.3) is 0 Å². The number of piperidine rings is 1. The van der Waals surface area contributed by atoms with Crippen LogP contribution in [0.15, 0.2) is 29.8 Å². The summed E-state index contributed by atoms with van der Waals surface area (Å²) in [5.74, 6) is 1.45. The number of carboxylic acids is 1. The highest BCUT2D eigenvalue weighted by atomic mass is 16.4. The molecule has 0 aromatic heterocycles. The van der Waals surface area contributed by atoms with Gasteiger partial charge in [-0.05, 0) is 86.0 Å². The van der Waals surface area contributed by atoms with Gasteiger partial charge in [0.1, 0.15) is 0 Å². The van der Waals surface area contributed by atoms with Gasteiger partial charge in [-0.2, -0.15) is 0 Å². The third kappa shape index (κ3) is 3.99. The maximum absolute atomic E-state index is 12.5. The van der Waals surface area contributed by atoms with Gasteiger partial charge >= 0.3 is 5.97 Å². The molecule has 0 unspecified atom stereocenters. The Hall–Kier alpha value is -2.30. The summed E-state index contributed by atoms with van der Waals surface area (Å²) in [6.45, 7) is 9.26. The second-order valence-electron chi connectivity index (χ2n) is 10.0. The van der Waals surface area contributed by atoms with Crippen molar-refractivity contribution in [1.82, 2.24) is 5.32 Å². The summed E-state index contributed by atoms with van der Waals surface area (Å²) in [7, 11) is 0. The van der Waals surface area contributed by atoms with E-state index in [1.54, 1.807) is 12.1 Å². The fourth-order valence-electron chi connectivity index (χ4n) is 6.00. The molecule has 1 heterocycles. The summed E-state index contributed by atoms with van der Waals surface area (Å²) in [6, 6.07) is 5.30. The Morgan fingerprint density at radius 1 is 1.23 bits per heavy atom. The summed E-state index contributed by atoms with van der Waals surface area (Å²) < 4.78 is 0. The lowest BCUT2D eigenvalue weighted by atomic mass is 9.45. The number of nitrogens with one attached hydrogen (secondary N) is 1. The smallest absolute Gasteiger partial charge is 0.335 e. The number of benzene rings is 1. The van der Waals surface area contributed by atoms with Crippen molar-refractivity contribution >= 4 is 17.6 Å². The van der Waals surface area contributed by atoms with Crippen LogP contribution in [0.25, 0.3) is 0 Å². The number of carboxylic acid groups (broad SMARTS) is 1. The van der Waals surface area contributed by atoms with Crippen molar-refractivity contribution < 1.29 is 14.7 Å². The summed E-state index contributed by atoms with van der Waals surface area (Å²) in [4.78, 5) is 25.9. The minimum absolute atomic E-state index is 0.0553. The van der Waals surface area contributed by atoms with E-state index in [1.807, 2.05) is 19.1 Å². The van der Waals surface area contributed by atoms with Crippen LogP contribution in [0, 0.1) is 30.1 Å². The predicted molar refractivity (Wildman–Crippen MR) is 119 cm³/mol. The van der Waals surface area contributed by atoms with Gasteiger partial charge in [0.2, 0.25) is 5.91 Å². The number of aryl methyl sites for hydroxylation is 1. The molecule has 2 bridgehead atoms.